The predicted molar refractivity (Wildman–Crippen MR) is 71.9 cm³/mol. The molecule has 0 aliphatic carbocycles. The van der Waals surface area contributed by atoms with Crippen LogP contribution < -0.4 is 10.6 Å². The number of rotatable bonds is 2. The lowest BCUT2D eigenvalue weighted by atomic mass is 10.0. The first kappa shape index (κ1) is 13.8. The van der Waals surface area contributed by atoms with Crippen LogP contribution in [0.2, 0.25) is 5.02 Å². The van der Waals surface area contributed by atoms with Gasteiger partial charge in [0.1, 0.15) is 11.9 Å². The van der Waals surface area contributed by atoms with Gasteiger partial charge in [-0.1, -0.05) is 11.6 Å². The summed E-state index contributed by atoms with van der Waals surface area (Å²) < 4.78 is 14.2. The van der Waals surface area contributed by atoms with Gasteiger partial charge in [-0.25, -0.2) is 4.39 Å². The molecule has 4 nitrogen and oxygen atoms in total. The molecule has 0 unspecified atom stereocenters. The molecule has 3 N–H and O–H groups in total. The third kappa shape index (κ3) is 2.70. The van der Waals surface area contributed by atoms with Crippen LogP contribution in [0.1, 0.15) is 22.6 Å². The van der Waals surface area contributed by atoms with E-state index in [-0.39, 0.29) is 18.1 Å². The Hall–Kier alpha value is -0.590. The van der Waals surface area contributed by atoms with Crippen molar-refractivity contribution in [3.8, 4) is 0 Å². The number of hydrogen-bond donors (Lipinski definition) is 3. The molecule has 0 spiro atoms. The highest BCUT2D eigenvalue weighted by Gasteiger charge is 2.28. The number of aromatic nitrogens is 1. The van der Waals surface area contributed by atoms with Crippen LogP contribution in [0.4, 0.5) is 4.39 Å². The van der Waals surface area contributed by atoms with Crippen LogP contribution in [0.15, 0.2) is 4.47 Å². The first-order valence-corrected chi connectivity index (χ1v) is 6.87. The summed E-state index contributed by atoms with van der Waals surface area (Å²) in [6, 6.07) is -0.461. The molecule has 0 saturated carbocycles. The second kappa shape index (κ2) is 5.59. The van der Waals surface area contributed by atoms with Crippen LogP contribution in [0.5, 0.6) is 0 Å². The molecule has 2 heterocycles. The molecule has 7 heteroatoms. The van der Waals surface area contributed by atoms with Gasteiger partial charge in [0, 0.05) is 12.2 Å². The van der Waals surface area contributed by atoms with E-state index in [0.29, 0.717) is 22.5 Å². The molecule has 0 aromatic carbocycles. The molecular formula is C11H14BrClFN3O. The second-order valence-electron chi connectivity index (χ2n) is 4.34. The second-order valence-corrected chi connectivity index (χ2v) is 5.51. The highest BCUT2D eigenvalue weighted by molar-refractivity contribution is 9.10. The zero-order valence-electron chi connectivity index (χ0n) is 9.82. The van der Waals surface area contributed by atoms with Gasteiger partial charge in [-0.3, -0.25) is 4.79 Å². The number of amides is 1. The molecule has 1 aromatic rings. The average molecular weight is 339 g/mol. The van der Waals surface area contributed by atoms with Gasteiger partial charge < -0.3 is 15.6 Å². The van der Waals surface area contributed by atoms with E-state index in [1.165, 1.54) is 0 Å². The van der Waals surface area contributed by atoms with Crippen LogP contribution in [-0.2, 0) is 0 Å². The van der Waals surface area contributed by atoms with E-state index in [1.807, 2.05) is 0 Å². The number of nitrogens with one attached hydrogen (secondary N) is 3. The van der Waals surface area contributed by atoms with E-state index in [0.717, 1.165) is 5.69 Å². The fourth-order valence-electron chi connectivity index (χ4n) is 1.95. The Morgan fingerprint density at radius 1 is 1.61 bits per heavy atom. The number of carbonyl (C=O) groups excluding carboxylic acids is 1. The fraction of sp³-hybridized carbons (Fsp3) is 0.545. The number of alkyl halides is 1. The van der Waals surface area contributed by atoms with Gasteiger partial charge in [0.15, 0.2) is 0 Å². The molecule has 2 rings (SSSR count). The Kier molecular flexibility index (Phi) is 4.29. The molecule has 1 aromatic heterocycles. The fourth-order valence-corrected chi connectivity index (χ4v) is 2.52. The smallest absolute Gasteiger partial charge is 0.269 e. The van der Waals surface area contributed by atoms with Crippen molar-refractivity contribution in [1.29, 1.82) is 0 Å². The van der Waals surface area contributed by atoms with Crippen molar-refractivity contribution in [3.63, 3.8) is 0 Å². The normalized spacial score (nSPS) is 24.0. The molecule has 1 aliphatic rings. The standard InChI is InChI=1S/C11H14BrClFN3O/c1-5-8(12)9(13)10(16-5)11(18)17-7-2-3-15-4-6(7)14/h6-7,15-16H,2-4H2,1H3,(H,17,18)/t6-,7+/m0/s1. The number of piperidine rings is 1. The molecule has 100 valence electrons. The third-order valence-corrected chi connectivity index (χ3v) is 4.60. The molecule has 18 heavy (non-hydrogen) atoms. The molecule has 1 saturated heterocycles. The van der Waals surface area contributed by atoms with Crippen molar-refractivity contribution < 1.29 is 9.18 Å². The minimum atomic E-state index is -1.07. The molecule has 1 amide bonds. The maximum Gasteiger partial charge on any atom is 0.269 e. The molecule has 1 aliphatic heterocycles. The van der Waals surface area contributed by atoms with E-state index < -0.39 is 12.2 Å². The van der Waals surface area contributed by atoms with Gasteiger partial charge in [0.05, 0.1) is 15.5 Å². The lowest BCUT2D eigenvalue weighted by Crippen LogP contribution is -2.50. The molecule has 0 bridgehead atoms. The Morgan fingerprint density at radius 3 is 2.89 bits per heavy atom. The number of aryl methyl sites for hydroxylation is 1. The first-order chi connectivity index (χ1) is 8.50. The maximum atomic E-state index is 13.6. The molecule has 0 radical (unpaired) electrons. The molecular weight excluding hydrogens is 324 g/mol. The highest BCUT2D eigenvalue weighted by Crippen LogP contribution is 2.29. The largest absolute Gasteiger partial charge is 0.352 e. The van der Waals surface area contributed by atoms with Crippen molar-refractivity contribution in [3.05, 3.63) is 20.9 Å². The maximum absolute atomic E-state index is 13.6. The quantitative estimate of drug-likeness (QED) is 0.774. The van der Waals surface area contributed by atoms with Crippen LogP contribution in [0.3, 0.4) is 0 Å². The highest BCUT2D eigenvalue weighted by atomic mass is 79.9. The van der Waals surface area contributed by atoms with E-state index in [2.05, 4.69) is 31.5 Å². The summed E-state index contributed by atoms with van der Waals surface area (Å²) >= 11 is 9.30. The third-order valence-electron chi connectivity index (χ3n) is 3.01. The van der Waals surface area contributed by atoms with Gasteiger partial charge in [0.25, 0.3) is 5.91 Å². The topological polar surface area (TPSA) is 56.9 Å². The molecule has 2 atom stereocenters. The number of carbonyl (C=O) groups is 1. The van der Waals surface area contributed by atoms with Crippen LogP contribution in [0.25, 0.3) is 0 Å². The predicted octanol–water partition coefficient (Wildman–Crippen LogP) is 2.17. The van der Waals surface area contributed by atoms with Crippen molar-refractivity contribution >= 4 is 33.4 Å². The van der Waals surface area contributed by atoms with E-state index >= 15 is 0 Å². The number of aromatic amines is 1. The van der Waals surface area contributed by atoms with E-state index in [9.17, 15) is 9.18 Å². The van der Waals surface area contributed by atoms with Gasteiger partial charge in [-0.15, -0.1) is 0 Å². The SMILES string of the molecule is Cc1[nH]c(C(=O)N[C@@H]2CCNC[C@@H]2F)c(Cl)c1Br. The lowest BCUT2D eigenvalue weighted by Gasteiger charge is -2.27. The minimum absolute atomic E-state index is 0.270. The number of H-pyrrole nitrogens is 1. The van der Waals surface area contributed by atoms with Crippen LogP contribution in [-0.4, -0.2) is 36.2 Å². The number of halogens is 3. The summed E-state index contributed by atoms with van der Waals surface area (Å²) in [6.07, 6.45) is -0.494. The summed E-state index contributed by atoms with van der Waals surface area (Å²) in [5, 5.41) is 5.94. The van der Waals surface area contributed by atoms with Gasteiger partial charge in [0.2, 0.25) is 0 Å². The molecule has 1 fully saturated rings. The minimum Gasteiger partial charge on any atom is -0.352 e. The average Bonchev–Trinajstić information content (AvgIpc) is 2.60. The van der Waals surface area contributed by atoms with Crippen LogP contribution >= 0.6 is 27.5 Å². The summed E-state index contributed by atoms with van der Waals surface area (Å²) in [4.78, 5) is 14.9. The van der Waals surface area contributed by atoms with Crippen molar-refractivity contribution in [2.45, 2.75) is 25.6 Å². The van der Waals surface area contributed by atoms with Gasteiger partial charge >= 0.3 is 0 Å². The summed E-state index contributed by atoms with van der Waals surface area (Å²) in [5.41, 5.74) is 1.04. The van der Waals surface area contributed by atoms with Crippen molar-refractivity contribution in [2.75, 3.05) is 13.1 Å². The van der Waals surface area contributed by atoms with Crippen molar-refractivity contribution in [1.82, 2.24) is 15.6 Å². The summed E-state index contributed by atoms with van der Waals surface area (Å²) in [7, 11) is 0. The Morgan fingerprint density at radius 2 is 2.33 bits per heavy atom. The summed E-state index contributed by atoms with van der Waals surface area (Å²) in [6.45, 7) is 2.77. The monoisotopic (exact) mass is 337 g/mol. The van der Waals surface area contributed by atoms with Gasteiger partial charge in [-0.05, 0) is 35.8 Å². The zero-order chi connectivity index (χ0) is 13.3. The Bertz CT molecular complexity index is 465. The lowest BCUT2D eigenvalue weighted by molar-refractivity contribution is 0.0888. The van der Waals surface area contributed by atoms with Gasteiger partial charge in [-0.2, -0.15) is 0 Å². The number of hydrogen-bond acceptors (Lipinski definition) is 2. The van der Waals surface area contributed by atoms with E-state index in [1.54, 1.807) is 6.92 Å². The van der Waals surface area contributed by atoms with Crippen LogP contribution in [0, 0.1) is 6.92 Å². The first-order valence-electron chi connectivity index (χ1n) is 5.70. The Labute approximate surface area is 118 Å². The Balaban J connectivity index is 2.09. The summed E-state index contributed by atoms with van der Waals surface area (Å²) in [5.74, 6) is -0.372. The van der Waals surface area contributed by atoms with Crippen molar-refractivity contribution in [2.24, 2.45) is 0 Å². The zero-order valence-corrected chi connectivity index (χ0v) is 12.2. The van der Waals surface area contributed by atoms with E-state index in [4.69, 9.17) is 11.6 Å².